The first-order chi connectivity index (χ1) is 10.1. The third-order valence-corrected chi connectivity index (χ3v) is 7.04. The molecule has 2 fully saturated rings. The Hall–Kier alpha value is 0.943. The number of hydrogen-bond acceptors (Lipinski definition) is 0. The molecule has 3 unspecified atom stereocenters. The summed E-state index contributed by atoms with van der Waals surface area (Å²) in [4.78, 5) is 0. The molecule has 4 aliphatic carbocycles. The van der Waals surface area contributed by atoms with Crippen LogP contribution in [-0.4, -0.2) is 0 Å². The molecule has 2 saturated carbocycles. The van der Waals surface area contributed by atoms with Gasteiger partial charge in [0, 0.05) is 0 Å². The van der Waals surface area contributed by atoms with Crippen molar-refractivity contribution in [2.75, 3.05) is 0 Å². The van der Waals surface area contributed by atoms with E-state index in [1.807, 2.05) is 11.1 Å². The minimum absolute atomic E-state index is 0. The van der Waals surface area contributed by atoms with Crippen LogP contribution in [0.3, 0.4) is 0 Å². The van der Waals surface area contributed by atoms with Crippen molar-refractivity contribution < 1.29 is 51.0 Å². The van der Waals surface area contributed by atoms with E-state index in [0.29, 0.717) is 5.41 Å². The second kappa shape index (κ2) is 8.75. The van der Waals surface area contributed by atoms with Crippen LogP contribution in [0, 0.1) is 29.1 Å². The molecule has 4 aliphatic rings. The maximum atomic E-state index is 2.67. The topological polar surface area (TPSA) is 0 Å². The van der Waals surface area contributed by atoms with Crippen molar-refractivity contribution in [1.82, 2.24) is 0 Å². The monoisotopic (exact) mass is 444 g/mol. The molecule has 0 N–H and O–H groups in total. The molecule has 0 bridgehead atoms. The third kappa shape index (κ3) is 3.94. The quantitative estimate of drug-likeness (QED) is 0.543. The number of fused-ring (bicyclic) bond motifs is 2. The zero-order valence-electron chi connectivity index (χ0n) is 15.5. The Morgan fingerprint density at radius 2 is 1.54 bits per heavy atom. The van der Waals surface area contributed by atoms with Crippen LogP contribution in [0.4, 0.5) is 0 Å². The van der Waals surface area contributed by atoms with E-state index in [9.17, 15) is 0 Å². The predicted octanol–water partition coefficient (Wildman–Crippen LogP) is 0.291. The number of hydrogen-bond donors (Lipinski definition) is 0. The van der Waals surface area contributed by atoms with Gasteiger partial charge in [-0.15, -0.1) is 0 Å². The molecule has 0 radical (unpaired) electrons. The standard InChI is InChI=1S/C21H32.2ClH.Zr/c1-21(2,3)15-12-18-16-10-7-11-17(16)20(19(18)13-15)14-8-5-4-6-9-14;;;/h13-14,16-17,20H,4-12H2,1-3H3;2*1H;/q;;;+2/p-2. The number of allylic oxidation sites excluding steroid dienone is 4. The van der Waals surface area contributed by atoms with E-state index >= 15 is 0 Å². The first-order valence-corrected chi connectivity index (χ1v) is 9.49. The van der Waals surface area contributed by atoms with Gasteiger partial charge < -0.3 is 24.8 Å². The maximum Gasteiger partial charge on any atom is 2.00 e. The van der Waals surface area contributed by atoms with Crippen molar-refractivity contribution in [3.05, 3.63) is 22.8 Å². The molecule has 0 saturated heterocycles. The number of halogens is 2. The van der Waals surface area contributed by atoms with Crippen LogP contribution >= 0.6 is 0 Å². The summed E-state index contributed by atoms with van der Waals surface area (Å²) < 4.78 is 0. The fraction of sp³-hybridized carbons (Fsp3) is 0.810. The van der Waals surface area contributed by atoms with Crippen LogP contribution in [0.2, 0.25) is 0 Å². The minimum Gasteiger partial charge on any atom is -1.00 e. The van der Waals surface area contributed by atoms with E-state index in [1.165, 1.54) is 57.8 Å². The van der Waals surface area contributed by atoms with Crippen molar-refractivity contribution in [1.29, 1.82) is 0 Å². The molecular formula is C21H32Cl2Zr. The summed E-state index contributed by atoms with van der Waals surface area (Å²) in [6.45, 7) is 7.22. The fourth-order valence-electron chi connectivity index (χ4n) is 5.95. The normalized spacial score (nSPS) is 32.3. The van der Waals surface area contributed by atoms with Crippen LogP contribution in [-0.2, 0) is 26.2 Å². The van der Waals surface area contributed by atoms with E-state index in [-0.39, 0.29) is 51.0 Å². The van der Waals surface area contributed by atoms with E-state index in [4.69, 9.17) is 0 Å². The van der Waals surface area contributed by atoms with Gasteiger partial charge in [0.2, 0.25) is 0 Å². The average Bonchev–Trinajstić information content (AvgIpc) is 3.09. The van der Waals surface area contributed by atoms with Crippen LogP contribution in [0.15, 0.2) is 22.8 Å². The van der Waals surface area contributed by atoms with Gasteiger partial charge in [0.15, 0.2) is 0 Å². The van der Waals surface area contributed by atoms with Gasteiger partial charge in [-0.25, -0.2) is 0 Å². The Balaban J connectivity index is 0.000000960. The smallest absolute Gasteiger partial charge is 1.00 e. The first-order valence-electron chi connectivity index (χ1n) is 9.49. The second-order valence-electron chi connectivity index (χ2n) is 9.20. The molecule has 3 atom stereocenters. The zero-order chi connectivity index (χ0) is 14.6. The van der Waals surface area contributed by atoms with Crippen LogP contribution < -0.4 is 24.8 Å². The van der Waals surface area contributed by atoms with Crippen molar-refractivity contribution in [3.8, 4) is 0 Å². The van der Waals surface area contributed by atoms with Gasteiger partial charge in [-0.2, -0.15) is 0 Å². The van der Waals surface area contributed by atoms with E-state index in [1.54, 1.807) is 5.57 Å². The van der Waals surface area contributed by atoms with E-state index < -0.39 is 0 Å². The van der Waals surface area contributed by atoms with Gasteiger partial charge >= 0.3 is 26.2 Å². The summed E-state index contributed by atoms with van der Waals surface area (Å²) >= 11 is 0. The molecule has 0 amide bonds. The second-order valence-corrected chi connectivity index (χ2v) is 9.20. The Morgan fingerprint density at radius 3 is 2.17 bits per heavy atom. The predicted molar refractivity (Wildman–Crippen MR) is 90.1 cm³/mol. The summed E-state index contributed by atoms with van der Waals surface area (Å²) in [7, 11) is 0. The Kier molecular flexibility index (Phi) is 8.38. The molecule has 0 aliphatic heterocycles. The molecule has 134 valence electrons. The third-order valence-electron chi connectivity index (χ3n) is 7.04. The summed E-state index contributed by atoms with van der Waals surface area (Å²) in [5.74, 6) is 3.99. The average molecular weight is 447 g/mol. The van der Waals surface area contributed by atoms with Gasteiger partial charge in [0.05, 0.1) is 0 Å². The van der Waals surface area contributed by atoms with Crippen molar-refractivity contribution >= 4 is 0 Å². The first kappa shape index (κ1) is 23.0. The zero-order valence-corrected chi connectivity index (χ0v) is 19.5. The largest absolute Gasteiger partial charge is 2.00 e. The van der Waals surface area contributed by atoms with Gasteiger partial charge in [0.1, 0.15) is 0 Å². The van der Waals surface area contributed by atoms with Crippen molar-refractivity contribution in [2.24, 2.45) is 29.1 Å². The summed E-state index contributed by atoms with van der Waals surface area (Å²) in [5.41, 5.74) is 5.84. The van der Waals surface area contributed by atoms with Gasteiger partial charge in [-0.05, 0) is 66.8 Å². The van der Waals surface area contributed by atoms with Crippen LogP contribution in [0.1, 0.15) is 78.6 Å². The number of rotatable bonds is 1. The van der Waals surface area contributed by atoms with Gasteiger partial charge in [-0.3, -0.25) is 0 Å². The Labute approximate surface area is 180 Å². The molecule has 0 nitrogen and oxygen atoms in total. The molecule has 0 aromatic heterocycles. The van der Waals surface area contributed by atoms with Gasteiger partial charge in [0.25, 0.3) is 0 Å². The summed E-state index contributed by atoms with van der Waals surface area (Å²) in [6.07, 6.45) is 16.0. The van der Waals surface area contributed by atoms with Crippen LogP contribution in [0.25, 0.3) is 0 Å². The molecule has 0 heterocycles. The van der Waals surface area contributed by atoms with E-state index in [2.05, 4.69) is 26.8 Å². The summed E-state index contributed by atoms with van der Waals surface area (Å²) in [6, 6.07) is 0. The molecule has 0 aromatic rings. The van der Waals surface area contributed by atoms with Crippen molar-refractivity contribution in [3.63, 3.8) is 0 Å². The fourth-order valence-corrected chi connectivity index (χ4v) is 5.95. The molecule has 24 heavy (non-hydrogen) atoms. The van der Waals surface area contributed by atoms with Crippen LogP contribution in [0.5, 0.6) is 0 Å². The molecule has 3 heteroatoms. The van der Waals surface area contributed by atoms with E-state index in [0.717, 1.165) is 23.7 Å². The molecule has 4 rings (SSSR count). The SMILES string of the molecule is CC(C)(C)C1=CC2=C(C1)C1CCCC1C2C1CCCCC1.[Cl-].[Cl-].[Zr+2]. The molecule has 0 aromatic carbocycles. The Morgan fingerprint density at radius 1 is 0.875 bits per heavy atom. The Bertz CT molecular complexity index is 494. The van der Waals surface area contributed by atoms with Crippen molar-refractivity contribution in [2.45, 2.75) is 78.6 Å². The maximum absolute atomic E-state index is 2.67. The van der Waals surface area contributed by atoms with Gasteiger partial charge in [-0.1, -0.05) is 63.7 Å². The molecule has 0 spiro atoms. The summed E-state index contributed by atoms with van der Waals surface area (Å²) in [5, 5.41) is 0. The minimum atomic E-state index is 0. The molecular weight excluding hydrogens is 414 g/mol.